The molecule has 0 amide bonds. The van der Waals surface area contributed by atoms with Crippen LogP contribution < -0.4 is 10.1 Å². The highest BCUT2D eigenvalue weighted by Gasteiger charge is 2.26. The van der Waals surface area contributed by atoms with Gasteiger partial charge in [-0.1, -0.05) is 6.92 Å². The van der Waals surface area contributed by atoms with Gasteiger partial charge in [-0.15, -0.1) is 0 Å². The average Bonchev–Trinajstić information content (AvgIpc) is 2.30. The SMILES string of the molecule is COc1cccnc1C1CCNCC1C. The van der Waals surface area contributed by atoms with Crippen LogP contribution in [0.25, 0.3) is 0 Å². The van der Waals surface area contributed by atoms with Crippen LogP contribution in [0.2, 0.25) is 0 Å². The van der Waals surface area contributed by atoms with Crippen LogP contribution >= 0.6 is 0 Å². The summed E-state index contributed by atoms with van der Waals surface area (Å²) in [5.74, 6) is 2.08. The Morgan fingerprint density at radius 3 is 3.13 bits per heavy atom. The van der Waals surface area contributed by atoms with E-state index in [0.29, 0.717) is 11.8 Å². The molecule has 1 aromatic heterocycles. The first-order valence-electron chi connectivity index (χ1n) is 5.52. The van der Waals surface area contributed by atoms with E-state index in [1.165, 1.54) is 0 Å². The summed E-state index contributed by atoms with van der Waals surface area (Å²) < 4.78 is 5.36. The topological polar surface area (TPSA) is 34.1 Å². The number of aromatic nitrogens is 1. The lowest BCUT2D eigenvalue weighted by Crippen LogP contribution is -2.34. The molecule has 1 aliphatic rings. The molecule has 2 unspecified atom stereocenters. The van der Waals surface area contributed by atoms with E-state index < -0.39 is 0 Å². The average molecular weight is 206 g/mol. The van der Waals surface area contributed by atoms with Crippen molar-refractivity contribution < 1.29 is 4.74 Å². The smallest absolute Gasteiger partial charge is 0.140 e. The third-order valence-electron chi connectivity index (χ3n) is 3.16. The van der Waals surface area contributed by atoms with Crippen molar-refractivity contribution in [2.75, 3.05) is 20.2 Å². The summed E-state index contributed by atoms with van der Waals surface area (Å²) >= 11 is 0. The Bertz CT molecular complexity index is 327. The molecule has 1 N–H and O–H groups in total. The number of methoxy groups -OCH3 is 1. The Labute approximate surface area is 90.9 Å². The summed E-state index contributed by atoms with van der Waals surface area (Å²) in [5.41, 5.74) is 1.12. The Morgan fingerprint density at radius 1 is 1.53 bits per heavy atom. The largest absolute Gasteiger partial charge is 0.495 e. The van der Waals surface area contributed by atoms with E-state index in [1.807, 2.05) is 18.3 Å². The van der Waals surface area contributed by atoms with Gasteiger partial charge in [-0.25, -0.2) is 0 Å². The summed E-state index contributed by atoms with van der Waals surface area (Å²) in [4.78, 5) is 4.47. The highest BCUT2D eigenvalue weighted by atomic mass is 16.5. The van der Waals surface area contributed by atoms with Crippen LogP contribution in [-0.2, 0) is 0 Å². The van der Waals surface area contributed by atoms with Crippen LogP contribution in [0.3, 0.4) is 0 Å². The lowest BCUT2D eigenvalue weighted by atomic mass is 9.84. The van der Waals surface area contributed by atoms with Crippen molar-refractivity contribution >= 4 is 0 Å². The number of nitrogens with one attached hydrogen (secondary N) is 1. The van der Waals surface area contributed by atoms with E-state index in [-0.39, 0.29) is 0 Å². The molecular weight excluding hydrogens is 188 g/mol. The lowest BCUT2D eigenvalue weighted by Gasteiger charge is -2.29. The standard InChI is InChI=1S/C12H18N2O/c1-9-8-13-7-5-10(9)12-11(15-2)4-3-6-14-12/h3-4,6,9-10,13H,5,7-8H2,1-2H3. The molecule has 2 rings (SSSR count). The van der Waals surface area contributed by atoms with E-state index in [9.17, 15) is 0 Å². The van der Waals surface area contributed by atoms with E-state index in [4.69, 9.17) is 4.74 Å². The number of hydrogen-bond donors (Lipinski definition) is 1. The Hall–Kier alpha value is -1.09. The fraction of sp³-hybridized carbons (Fsp3) is 0.583. The number of rotatable bonds is 2. The van der Waals surface area contributed by atoms with Gasteiger partial charge in [0, 0.05) is 12.1 Å². The van der Waals surface area contributed by atoms with Crippen LogP contribution in [-0.4, -0.2) is 25.2 Å². The third-order valence-corrected chi connectivity index (χ3v) is 3.16. The first-order valence-corrected chi connectivity index (χ1v) is 5.52. The minimum Gasteiger partial charge on any atom is -0.495 e. The van der Waals surface area contributed by atoms with E-state index >= 15 is 0 Å². The molecular formula is C12H18N2O. The van der Waals surface area contributed by atoms with E-state index in [1.54, 1.807) is 7.11 Å². The van der Waals surface area contributed by atoms with Crippen molar-refractivity contribution in [1.82, 2.24) is 10.3 Å². The van der Waals surface area contributed by atoms with E-state index in [2.05, 4.69) is 17.2 Å². The van der Waals surface area contributed by atoms with Gasteiger partial charge in [0.15, 0.2) is 0 Å². The summed E-state index contributed by atoms with van der Waals surface area (Å²) in [7, 11) is 1.71. The summed E-state index contributed by atoms with van der Waals surface area (Å²) in [6.45, 7) is 4.42. The maximum atomic E-state index is 5.36. The zero-order chi connectivity index (χ0) is 10.7. The molecule has 1 aromatic rings. The monoisotopic (exact) mass is 206 g/mol. The molecule has 1 aliphatic heterocycles. The maximum Gasteiger partial charge on any atom is 0.140 e. The van der Waals surface area contributed by atoms with Crippen LogP contribution in [0.5, 0.6) is 5.75 Å². The van der Waals surface area contributed by atoms with Crippen molar-refractivity contribution in [3.05, 3.63) is 24.0 Å². The van der Waals surface area contributed by atoms with Gasteiger partial charge < -0.3 is 10.1 Å². The van der Waals surface area contributed by atoms with Crippen molar-refractivity contribution in [3.63, 3.8) is 0 Å². The lowest BCUT2D eigenvalue weighted by molar-refractivity contribution is 0.327. The molecule has 3 nitrogen and oxygen atoms in total. The number of ether oxygens (including phenoxy) is 1. The van der Waals surface area contributed by atoms with Gasteiger partial charge in [0.1, 0.15) is 5.75 Å². The maximum absolute atomic E-state index is 5.36. The van der Waals surface area contributed by atoms with Crippen LogP contribution in [0.1, 0.15) is 25.0 Å². The van der Waals surface area contributed by atoms with Gasteiger partial charge in [-0.3, -0.25) is 4.98 Å². The molecule has 0 spiro atoms. The van der Waals surface area contributed by atoms with Gasteiger partial charge in [0.25, 0.3) is 0 Å². The third kappa shape index (κ3) is 2.12. The zero-order valence-corrected chi connectivity index (χ0v) is 9.36. The van der Waals surface area contributed by atoms with Crippen molar-refractivity contribution in [2.24, 2.45) is 5.92 Å². The quantitative estimate of drug-likeness (QED) is 0.801. The molecule has 82 valence electrons. The molecule has 1 fully saturated rings. The molecule has 2 heterocycles. The second-order valence-electron chi connectivity index (χ2n) is 4.17. The molecule has 0 radical (unpaired) electrons. The molecule has 0 aliphatic carbocycles. The number of piperidine rings is 1. The Kier molecular flexibility index (Phi) is 3.21. The predicted octanol–water partition coefficient (Wildman–Crippen LogP) is 1.80. The van der Waals surface area contributed by atoms with Gasteiger partial charge in [-0.05, 0) is 37.6 Å². The first kappa shape index (κ1) is 10.4. The van der Waals surface area contributed by atoms with Crippen LogP contribution in [0.15, 0.2) is 18.3 Å². The van der Waals surface area contributed by atoms with Crippen LogP contribution in [0, 0.1) is 5.92 Å². The second-order valence-corrected chi connectivity index (χ2v) is 4.17. The Balaban J connectivity index is 2.26. The summed E-state index contributed by atoms with van der Waals surface area (Å²) in [6.07, 6.45) is 3.00. The predicted molar refractivity (Wildman–Crippen MR) is 60.2 cm³/mol. The summed E-state index contributed by atoms with van der Waals surface area (Å²) in [6, 6.07) is 3.92. The summed E-state index contributed by atoms with van der Waals surface area (Å²) in [5, 5.41) is 3.40. The molecule has 1 saturated heterocycles. The van der Waals surface area contributed by atoms with Crippen molar-refractivity contribution in [1.29, 1.82) is 0 Å². The second kappa shape index (κ2) is 4.62. The van der Waals surface area contributed by atoms with Gasteiger partial charge in [0.2, 0.25) is 0 Å². The van der Waals surface area contributed by atoms with Crippen molar-refractivity contribution in [2.45, 2.75) is 19.3 Å². The fourth-order valence-corrected chi connectivity index (χ4v) is 2.27. The van der Waals surface area contributed by atoms with Gasteiger partial charge >= 0.3 is 0 Å². The van der Waals surface area contributed by atoms with Crippen LogP contribution in [0.4, 0.5) is 0 Å². The van der Waals surface area contributed by atoms with E-state index in [0.717, 1.165) is 31.0 Å². The molecule has 3 heteroatoms. The molecule has 15 heavy (non-hydrogen) atoms. The minimum atomic E-state index is 0.530. The van der Waals surface area contributed by atoms with Crippen molar-refractivity contribution in [3.8, 4) is 5.75 Å². The zero-order valence-electron chi connectivity index (χ0n) is 9.36. The number of nitrogens with zero attached hydrogens (tertiary/aromatic N) is 1. The highest BCUT2D eigenvalue weighted by Crippen LogP contribution is 2.33. The van der Waals surface area contributed by atoms with Gasteiger partial charge in [0.05, 0.1) is 12.8 Å². The molecule has 0 aromatic carbocycles. The minimum absolute atomic E-state index is 0.530. The molecule has 0 saturated carbocycles. The number of hydrogen-bond acceptors (Lipinski definition) is 3. The Morgan fingerprint density at radius 2 is 2.40 bits per heavy atom. The number of pyridine rings is 1. The normalized spacial score (nSPS) is 26.3. The first-order chi connectivity index (χ1) is 7.33. The fourth-order valence-electron chi connectivity index (χ4n) is 2.27. The molecule has 2 atom stereocenters. The van der Waals surface area contributed by atoms with Gasteiger partial charge in [-0.2, -0.15) is 0 Å². The highest BCUT2D eigenvalue weighted by molar-refractivity contribution is 5.30. The molecule has 0 bridgehead atoms.